The van der Waals surface area contributed by atoms with Gasteiger partial charge in [0, 0.05) is 59.5 Å². The molecule has 4 aliphatic carbocycles. The van der Waals surface area contributed by atoms with Crippen molar-refractivity contribution in [1.82, 2.24) is 0 Å². The van der Waals surface area contributed by atoms with Crippen LogP contribution in [0, 0.1) is 28.6 Å². The summed E-state index contributed by atoms with van der Waals surface area (Å²) in [7, 11) is 8.00. The highest BCUT2D eigenvalue weighted by Gasteiger charge is 2.66. The van der Waals surface area contributed by atoms with Crippen molar-refractivity contribution in [3.8, 4) is 0 Å². The van der Waals surface area contributed by atoms with Gasteiger partial charge in [0.25, 0.3) is 11.8 Å². The number of hydrogen-bond donors (Lipinski definition) is 2. The molecule has 7 heterocycles. The van der Waals surface area contributed by atoms with E-state index in [4.69, 9.17) is 90.0 Å². The highest BCUT2D eigenvalue weighted by molar-refractivity contribution is 5.96. The fourth-order valence-electron chi connectivity index (χ4n) is 17.4. The van der Waals surface area contributed by atoms with E-state index in [-0.39, 0.29) is 48.1 Å². The Morgan fingerprint density at radius 1 is 0.647 bits per heavy atom. The standard InChI is InChI=1S/C63H100O22/c1-31-23-43(67-10)54(65)59(74-31)80-39-17-20-60(8)38(24-39)15-16-40-41(60)18-21-61(9)42(40)19-22-62(61,66)37(7)79-49-28-47-58(35(5)78-49)85-63(73-30-72-47)29-48(71-14)57(36(6)84-63)83-52-27-46(70-13)56(34(4)77-52)82-51-26-45(69-12)55(33(3)76-51)81-50-25-44(68-11)53(64)32(2)75-50/h15,23,31-37,39-42,44-53,55-59,64,66H,16-22,24-30H2,1-14H3/t31-,32-,33-,34-,35-,36-,37+,39+,40-,41+,42+,44+,45+,46+,47-,48-,49+,50+,51+,52+,53-,55-,56-,57-,58-,59?,60+,61+,62+,63-/m1/s1. The van der Waals surface area contributed by atoms with E-state index in [0.29, 0.717) is 55.6 Å². The molecule has 6 saturated heterocycles. The van der Waals surface area contributed by atoms with Gasteiger partial charge < -0.3 is 100 Å². The molecule has 0 aromatic rings. The van der Waals surface area contributed by atoms with Crippen molar-refractivity contribution in [2.45, 2.75) is 299 Å². The number of hydrogen-bond acceptors (Lipinski definition) is 22. The zero-order chi connectivity index (χ0) is 60.5. The normalized spacial score (nSPS) is 51.5. The molecule has 11 aliphatic rings. The lowest BCUT2D eigenvalue weighted by Crippen LogP contribution is -2.62. The smallest absolute Gasteiger partial charge is 0.288 e. The second kappa shape index (κ2) is 26.0. The Labute approximate surface area is 502 Å². The molecule has 3 saturated carbocycles. The lowest BCUT2D eigenvalue weighted by Gasteiger charge is -2.59. The van der Waals surface area contributed by atoms with Gasteiger partial charge in [-0.25, -0.2) is 0 Å². The summed E-state index contributed by atoms with van der Waals surface area (Å²) in [6.07, 6.45) is 0.969. The van der Waals surface area contributed by atoms with Gasteiger partial charge in [-0.2, -0.15) is 0 Å². The summed E-state index contributed by atoms with van der Waals surface area (Å²) in [5.74, 6) is -0.228. The fraction of sp³-hybridized carbons (Fsp3) is 0.921. The third-order valence-corrected chi connectivity index (χ3v) is 22.2. The maximum atomic E-state index is 13.0. The van der Waals surface area contributed by atoms with E-state index in [1.54, 1.807) is 41.4 Å². The number of methoxy groups -OCH3 is 5. The van der Waals surface area contributed by atoms with Gasteiger partial charge >= 0.3 is 0 Å². The molecular weight excluding hydrogens is 1110 g/mol. The highest BCUT2D eigenvalue weighted by Crippen LogP contribution is 2.68. The number of carbonyl (C=O) groups excluding carboxylic acids is 1. The van der Waals surface area contributed by atoms with E-state index in [1.165, 1.54) is 12.7 Å². The molecule has 0 aromatic heterocycles. The molecule has 1 unspecified atom stereocenters. The van der Waals surface area contributed by atoms with Gasteiger partial charge in [-0.05, 0) is 129 Å². The highest BCUT2D eigenvalue weighted by atomic mass is 16.9. The number of aliphatic hydroxyl groups is 2. The van der Waals surface area contributed by atoms with Crippen LogP contribution < -0.4 is 0 Å². The Morgan fingerprint density at radius 2 is 1.25 bits per heavy atom. The first-order valence-corrected chi connectivity index (χ1v) is 31.7. The summed E-state index contributed by atoms with van der Waals surface area (Å²) in [5.41, 5.74) is 0.0366. The maximum absolute atomic E-state index is 13.0. The number of aliphatic hydroxyl groups excluding tert-OH is 1. The predicted molar refractivity (Wildman–Crippen MR) is 300 cm³/mol. The lowest BCUT2D eigenvalue weighted by atomic mass is 9.46. The number of ketones is 1. The molecule has 484 valence electrons. The summed E-state index contributed by atoms with van der Waals surface area (Å²) in [6.45, 7) is 18.0. The molecule has 7 aliphatic heterocycles. The van der Waals surface area contributed by atoms with Crippen molar-refractivity contribution in [2.24, 2.45) is 28.6 Å². The Bertz CT molecular complexity index is 2340. The molecule has 9 fully saturated rings. The van der Waals surface area contributed by atoms with Crippen molar-refractivity contribution >= 4 is 5.78 Å². The Balaban J connectivity index is 0.663. The first kappa shape index (κ1) is 64.7. The Kier molecular flexibility index (Phi) is 19.8. The molecule has 0 bridgehead atoms. The topological polar surface area (TPSA) is 233 Å². The second-order valence-corrected chi connectivity index (χ2v) is 26.9. The van der Waals surface area contributed by atoms with Crippen LogP contribution in [0.3, 0.4) is 0 Å². The van der Waals surface area contributed by atoms with Gasteiger partial charge in [0.2, 0.25) is 6.29 Å². The molecule has 0 radical (unpaired) electrons. The number of carbonyl (C=O) groups is 1. The number of ether oxygens (including phenoxy) is 19. The van der Waals surface area contributed by atoms with Gasteiger partial charge in [-0.15, -0.1) is 0 Å². The molecule has 85 heavy (non-hydrogen) atoms. The molecule has 0 aromatic carbocycles. The zero-order valence-corrected chi connectivity index (χ0v) is 52.6. The minimum absolute atomic E-state index is 0.0267. The summed E-state index contributed by atoms with van der Waals surface area (Å²) in [4.78, 5) is 13.0. The molecule has 0 amide bonds. The quantitative estimate of drug-likeness (QED) is 0.154. The summed E-state index contributed by atoms with van der Waals surface area (Å²) >= 11 is 0. The zero-order valence-electron chi connectivity index (χ0n) is 52.6. The SMILES string of the molecule is COC1=C[C@@H](C)OC(O[C@H]2CC[C@@]3(C)C(=CC[C@@H]4[C@@H]3CC[C@@]3(C)[C@H]4CC[C@]3(O)[C@H](C)O[C@H]3C[C@H]4OCO[C@@]5(C[C@@H](OC)[C@H](O[C@H]6C[C@H](OC)[C@H](O[C@H]7C[C@H](OC)[C@H](O[C@H]8C[C@H](OC)[C@H](O)[C@@H](C)O8)[C@@H](C)O7)[C@@H](C)O6)[C@@H](C)O5)O[C@@H]4[C@@H](C)O3)C2)C1=O. The fourth-order valence-corrected chi connectivity index (χ4v) is 17.4. The Morgan fingerprint density at radius 3 is 1.88 bits per heavy atom. The average molecular weight is 1210 g/mol. The van der Waals surface area contributed by atoms with Crippen LogP contribution in [-0.2, 0) is 94.8 Å². The van der Waals surface area contributed by atoms with Crippen LogP contribution in [0.25, 0.3) is 0 Å². The van der Waals surface area contributed by atoms with Crippen LogP contribution in [0.5, 0.6) is 0 Å². The van der Waals surface area contributed by atoms with Crippen LogP contribution in [0.1, 0.15) is 146 Å². The molecule has 11 rings (SSSR count). The number of rotatable bonds is 16. The summed E-state index contributed by atoms with van der Waals surface area (Å²) in [6, 6.07) is 0. The van der Waals surface area contributed by atoms with Crippen LogP contribution in [0.4, 0.5) is 0 Å². The molecule has 1 spiro atoms. The molecule has 2 N–H and O–H groups in total. The van der Waals surface area contributed by atoms with E-state index >= 15 is 0 Å². The number of allylic oxidation sites excluding steroid dienone is 1. The van der Waals surface area contributed by atoms with E-state index in [1.807, 2.05) is 41.5 Å². The minimum atomic E-state index is -1.53. The molecule has 22 nitrogen and oxygen atoms in total. The largest absolute Gasteiger partial charge is 0.493 e. The van der Waals surface area contributed by atoms with Crippen molar-refractivity contribution < 1.29 is 105 Å². The van der Waals surface area contributed by atoms with Crippen LogP contribution in [-0.4, -0.2) is 211 Å². The second-order valence-electron chi connectivity index (χ2n) is 26.9. The van der Waals surface area contributed by atoms with Crippen LogP contribution in [0.15, 0.2) is 23.5 Å². The van der Waals surface area contributed by atoms with Crippen LogP contribution in [0.2, 0.25) is 0 Å². The third-order valence-electron chi connectivity index (χ3n) is 22.2. The predicted octanol–water partition coefficient (Wildman–Crippen LogP) is 6.65. The van der Waals surface area contributed by atoms with Gasteiger partial charge in [0.15, 0.2) is 37.7 Å². The first-order valence-electron chi connectivity index (χ1n) is 31.7. The Hall–Kier alpha value is -1.85. The van der Waals surface area contributed by atoms with Crippen molar-refractivity contribution in [1.29, 1.82) is 0 Å². The molecule has 30 atom stereocenters. The van der Waals surface area contributed by atoms with Crippen molar-refractivity contribution in [2.75, 3.05) is 42.3 Å². The lowest BCUT2D eigenvalue weighted by molar-refractivity contribution is -0.447. The average Bonchev–Trinajstić information content (AvgIpc) is 1.75. The third kappa shape index (κ3) is 12.4. The molecular formula is C63H100O22. The van der Waals surface area contributed by atoms with E-state index in [0.717, 1.165) is 44.9 Å². The summed E-state index contributed by atoms with van der Waals surface area (Å²) < 4.78 is 120. The van der Waals surface area contributed by atoms with Gasteiger partial charge in [-0.1, -0.05) is 25.5 Å². The monoisotopic (exact) mass is 1210 g/mol. The number of fused-ring (bicyclic) bond motifs is 6. The number of Topliss-reactive ketones (excluding diaryl/α,β-unsaturated/α-hetero) is 1. The maximum Gasteiger partial charge on any atom is 0.288 e. The van der Waals surface area contributed by atoms with Gasteiger partial charge in [0.05, 0.1) is 98.5 Å². The van der Waals surface area contributed by atoms with E-state index in [9.17, 15) is 15.0 Å². The first-order chi connectivity index (χ1) is 40.6. The van der Waals surface area contributed by atoms with E-state index in [2.05, 4.69) is 19.9 Å². The van der Waals surface area contributed by atoms with E-state index < -0.39 is 135 Å². The minimum Gasteiger partial charge on any atom is -0.493 e. The van der Waals surface area contributed by atoms with Crippen molar-refractivity contribution in [3.63, 3.8) is 0 Å². The van der Waals surface area contributed by atoms with Crippen LogP contribution >= 0.6 is 0 Å². The molecule has 22 heteroatoms. The van der Waals surface area contributed by atoms with Crippen molar-refractivity contribution in [3.05, 3.63) is 23.5 Å². The summed E-state index contributed by atoms with van der Waals surface area (Å²) in [5, 5.41) is 23.5. The van der Waals surface area contributed by atoms with Gasteiger partial charge in [0.1, 0.15) is 30.5 Å². The van der Waals surface area contributed by atoms with Gasteiger partial charge in [-0.3, -0.25) is 4.79 Å².